The molecule has 30 heavy (non-hydrogen) atoms. The van der Waals surface area contributed by atoms with Gasteiger partial charge in [-0.1, -0.05) is 37.6 Å². The van der Waals surface area contributed by atoms with Crippen LogP contribution in [0.2, 0.25) is 5.02 Å². The Hall–Kier alpha value is -2.75. The number of amides is 1. The Morgan fingerprint density at radius 2 is 1.83 bits per heavy atom. The summed E-state index contributed by atoms with van der Waals surface area (Å²) in [6.45, 7) is 4.78. The van der Waals surface area contributed by atoms with Gasteiger partial charge >= 0.3 is 0 Å². The van der Waals surface area contributed by atoms with Crippen molar-refractivity contribution in [2.24, 2.45) is 0 Å². The maximum Gasteiger partial charge on any atom is 0.255 e. The highest BCUT2D eigenvalue weighted by Gasteiger charge is 2.23. The van der Waals surface area contributed by atoms with Crippen molar-refractivity contribution in [3.05, 3.63) is 71.3 Å². The van der Waals surface area contributed by atoms with Crippen molar-refractivity contribution in [2.75, 3.05) is 18.4 Å². The van der Waals surface area contributed by atoms with E-state index in [1.807, 2.05) is 12.1 Å². The highest BCUT2D eigenvalue weighted by molar-refractivity contribution is 7.89. The summed E-state index contributed by atoms with van der Waals surface area (Å²) in [6.07, 6.45) is 3.07. The summed E-state index contributed by atoms with van der Waals surface area (Å²) in [5.41, 5.74) is 1.62. The molecule has 0 aliphatic rings. The molecule has 3 rings (SSSR count). The predicted octanol–water partition coefficient (Wildman–Crippen LogP) is 3.26. The number of halogens is 1. The van der Waals surface area contributed by atoms with Gasteiger partial charge in [0.05, 0.1) is 22.2 Å². The highest BCUT2D eigenvalue weighted by atomic mass is 35.5. The average Bonchev–Trinajstić information content (AvgIpc) is 3.23. The van der Waals surface area contributed by atoms with Crippen LogP contribution in [0.15, 0.2) is 60.0 Å². The van der Waals surface area contributed by atoms with Crippen molar-refractivity contribution in [3.8, 4) is 0 Å². The van der Waals surface area contributed by atoms with Gasteiger partial charge in [0, 0.05) is 18.7 Å². The molecule has 0 radical (unpaired) electrons. The summed E-state index contributed by atoms with van der Waals surface area (Å²) in [5.74, 6) is -0.387. The van der Waals surface area contributed by atoms with Gasteiger partial charge in [0.15, 0.2) is 0 Å². The van der Waals surface area contributed by atoms with E-state index in [9.17, 15) is 13.2 Å². The van der Waals surface area contributed by atoms with Gasteiger partial charge in [-0.25, -0.2) is 18.1 Å². The number of rotatable bonds is 8. The summed E-state index contributed by atoms with van der Waals surface area (Å²) in [7, 11) is -3.66. The lowest BCUT2D eigenvalue weighted by Crippen LogP contribution is -2.30. The Bertz CT molecular complexity index is 1110. The lowest BCUT2D eigenvalue weighted by molar-refractivity contribution is 0.102. The Labute approximate surface area is 180 Å². The zero-order valence-corrected chi connectivity index (χ0v) is 18.2. The molecule has 0 bridgehead atoms. The number of hydrogen-bond acceptors (Lipinski definition) is 5. The second-order valence-electron chi connectivity index (χ2n) is 6.48. The van der Waals surface area contributed by atoms with E-state index in [1.165, 1.54) is 28.8 Å². The fraction of sp³-hybridized carbons (Fsp3) is 0.250. The van der Waals surface area contributed by atoms with Gasteiger partial charge in [-0.15, -0.1) is 0 Å². The molecule has 2 aromatic carbocycles. The van der Waals surface area contributed by atoms with E-state index in [-0.39, 0.29) is 21.5 Å². The molecule has 1 heterocycles. The van der Waals surface area contributed by atoms with Gasteiger partial charge in [0.25, 0.3) is 5.91 Å². The van der Waals surface area contributed by atoms with Crippen molar-refractivity contribution in [1.29, 1.82) is 0 Å². The van der Waals surface area contributed by atoms with Gasteiger partial charge in [0.2, 0.25) is 10.0 Å². The number of hydrogen-bond donors (Lipinski definition) is 1. The molecule has 1 aromatic heterocycles. The third-order valence-corrected chi connectivity index (χ3v) is 6.93. The average molecular weight is 448 g/mol. The Morgan fingerprint density at radius 3 is 2.43 bits per heavy atom. The standard InChI is InChI=1S/C20H22ClN5O3S/c1-3-26(4-2)30(28,29)17-9-10-18(21)19(11-17)24-20(27)16-7-5-15(6-8-16)12-25-14-22-13-23-25/h5-11,13-14H,3-4,12H2,1-2H3,(H,24,27). The first-order chi connectivity index (χ1) is 14.3. The molecule has 0 aliphatic carbocycles. The van der Waals surface area contributed by atoms with Crippen LogP contribution in [0.4, 0.5) is 5.69 Å². The molecule has 10 heteroatoms. The molecule has 158 valence electrons. The second-order valence-corrected chi connectivity index (χ2v) is 8.82. The highest BCUT2D eigenvalue weighted by Crippen LogP contribution is 2.27. The summed E-state index contributed by atoms with van der Waals surface area (Å²) in [6, 6.07) is 11.3. The Morgan fingerprint density at radius 1 is 1.13 bits per heavy atom. The van der Waals surface area contributed by atoms with Crippen molar-refractivity contribution in [1.82, 2.24) is 19.1 Å². The van der Waals surface area contributed by atoms with Gasteiger partial charge < -0.3 is 5.32 Å². The van der Waals surface area contributed by atoms with Gasteiger partial charge in [0.1, 0.15) is 12.7 Å². The van der Waals surface area contributed by atoms with Crippen LogP contribution < -0.4 is 5.32 Å². The first-order valence-corrected chi connectivity index (χ1v) is 11.2. The molecule has 0 spiro atoms. The third-order valence-electron chi connectivity index (χ3n) is 4.56. The second kappa shape index (κ2) is 9.38. The van der Waals surface area contributed by atoms with Crippen LogP contribution in [-0.4, -0.2) is 46.5 Å². The van der Waals surface area contributed by atoms with Crippen LogP contribution in [-0.2, 0) is 16.6 Å². The predicted molar refractivity (Wildman–Crippen MR) is 115 cm³/mol. The van der Waals surface area contributed by atoms with E-state index in [0.717, 1.165) is 5.56 Å². The molecule has 0 aliphatic heterocycles. The molecule has 0 unspecified atom stereocenters. The van der Waals surface area contributed by atoms with Crippen LogP contribution in [0.1, 0.15) is 29.8 Å². The number of nitrogens with one attached hydrogen (secondary N) is 1. The number of anilines is 1. The number of benzene rings is 2. The molecule has 0 saturated carbocycles. The van der Waals surface area contributed by atoms with Crippen molar-refractivity contribution >= 4 is 33.2 Å². The van der Waals surface area contributed by atoms with E-state index in [0.29, 0.717) is 25.2 Å². The van der Waals surface area contributed by atoms with E-state index in [1.54, 1.807) is 37.0 Å². The number of nitrogens with zero attached hydrogens (tertiary/aromatic N) is 4. The van der Waals surface area contributed by atoms with Crippen molar-refractivity contribution in [2.45, 2.75) is 25.3 Å². The van der Waals surface area contributed by atoms with Gasteiger partial charge in [-0.05, 0) is 35.9 Å². The third kappa shape index (κ3) is 4.86. The Balaban J connectivity index is 1.78. The number of carbonyl (C=O) groups is 1. The fourth-order valence-electron chi connectivity index (χ4n) is 2.93. The molecule has 8 nitrogen and oxygen atoms in total. The summed E-state index contributed by atoms with van der Waals surface area (Å²) >= 11 is 6.19. The summed E-state index contributed by atoms with van der Waals surface area (Å²) in [4.78, 5) is 16.6. The largest absolute Gasteiger partial charge is 0.321 e. The summed E-state index contributed by atoms with van der Waals surface area (Å²) in [5, 5.41) is 7.00. The molecule has 0 fully saturated rings. The molecule has 0 saturated heterocycles. The van der Waals surface area contributed by atoms with E-state index >= 15 is 0 Å². The smallest absolute Gasteiger partial charge is 0.255 e. The maximum absolute atomic E-state index is 12.7. The van der Waals surface area contributed by atoms with Crippen LogP contribution in [0.3, 0.4) is 0 Å². The van der Waals surface area contributed by atoms with Crippen LogP contribution in [0.5, 0.6) is 0 Å². The van der Waals surface area contributed by atoms with E-state index in [4.69, 9.17) is 11.6 Å². The normalized spacial score (nSPS) is 11.6. The molecular weight excluding hydrogens is 426 g/mol. The first kappa shape index (κ1) is 21.9. The minimum atomic E-state index is -3.66. The number of sulfonamides is 1. The monoisotopic (exact) mass is 447 g/mol. The van der Waals surface area contributed by atoms with Gasteiger partial charge in [-0.2, -0.15) is 9.40 Å². The lowest BCUT2D eigenvalue weighted by Gasteiger charge is -2.19. The summed E-state index contributed by atoms with van der Waals surface area (Å²) < 4.78 is 28.5. The molecule has 1 amide bonds. The van der Waals surface area contributed by atoms with Gasteiger partial charge in [-0.3, -0.25) is 4.79 Å². The topological polar surface area (TPSA) is 97.2 Å². The molecule has 1 N–H and O–H groups in total. The minimum absolute atomic E-state index is 0.0779. The quantitative estimate of drug-likeness (QED) is 0.571. The zero-order chi connectivity index (χ0) is 21.7. The molecular formula is C20H22ClN5O3S. The van der Waals surface area contributed by atoms with Crippen LogP contribution in [0, 0.1) is 0 Å². The molecule has 0 atom stereocenters. The van der Waals surface area contributed by atoms with E-state index in [2.05, 4.69) is 15.4 Å². The zero-order valence-electron chi connectivity index (χ0n) is 16.6. The minimum Gasteiger partial charge on any atom is -0.321 e. The SMILES string of the molecule is CCN(CC)S(=O)(=O)c1ccc(Cl)c(NC(=O)c2ccc(Cn3cncn3)cc2)c1. The first-order valence-electron chi connectivity index (χ1n) is 9.37. The van der Waals surface area contributed by atoms with E-state index < -0.39 is 10.0 Å². The van der Waals surface area contributed by atoms with Crippen LogP contribution in [0.25, 0.3) is 0 Å². The number of carbonyl (C=O) groups excluding carboxylic acids is 1. The van der Waals surface area contributed by atoms with Crippen molar-refractivity contribution in [3.63, 3.8) is 0 Å². The van der Waals surface area contributed by atoms with Crippen LogP contribution >= 0.6 is 11.6 Å². The Kier molecular flexibility index (Phi) is 6.86. The lowest BCUT2D eigenvalue weighted by atomic mass is 10.1. The maximum atomic E-state index is 12.7. The fourth-order valence-corrected chi connectivity index (χ4v) is 4.58. The van der Waals surface area contributed by atoms with Crippen molar-refractivity contribution < 1.29 is 13.2 Å². The number of aromatic nitrogens is 3. The molecule has 3 aromatic rings.